The number of hydrogen-bond acceptors (Lipinski definition) is 2. The van der Waals surface area contributed by atoms with Gasteiger partial charge in [0.25, 0.3) is 5.56 Å². The van der Waals surface area contributed by atoms with Gasteiger partial charge in [-0.3, -0.25) is 9.89 Å². The summed E-state index contributed by atoms with van der Waals surface area (Å²) in [7, 11) is 0. The van der Waals surface area contributed by atoms with Gasteiger partial charge in [0.2, 0.25) is 0 Å². The maximum absolute atomic E-state index is 11.6. The third-order valence-electron chi connectivity index (χ3n) is 2.69. The second-order valence-electron chi connectivity index (χ2n) is 3.81. The molecule has 0 aliphatic carbocycles. The van der Waals surface area contributed by atoms with Gasteiger partial charge in [0.1, 0.15) is 0 Å². The summed E-state index contributed by atoms with van der Waals surface area (Å²) in [4.78, 5) is 19.0. The van der Waals surface area contributed by atoms with E-state index in [1.165, 1.54) is 16.8 Å². The summed E-state index contributed by atoms with van der Waals surface area (Å²) in [5.74, 6) is 0. The molecule has 0 spiro atoms. The van der Waals surface area contributed by atoms with E-state index in [9.17, 15) is 4.79 Å². The van der Waals surface area contributed by atoms with Crippen LogP contribution >= 0.6 is 0 Å². The highest BCUT2D eigenvalue weighted by molar-refractivity contribution is 5.66. The van der Waals surface area contributed by atoms with Gasteiger partial charge in [-0.2, -0.15) is 0 Å². The molecule has 0 bridgehead atoms. The van der Waals surface area contributed by atoms with E-state index in [2.05, 4.69) is 14.9 Å². The molecular weight excluding hydrogens is 228 g/mol. The molecule has 0 amide bonds. The summed E-state index contributed by atoms with van der Waals surface area (Å²) >= 11 is 0. The fourth-order valence-electron chi connectivity index (χ4n) is 1.78. The molecule has 2 aromatic heterocycles. The van der Waals surface area contributed by atoms with Gasteiger partial charge in [-0.1, -0.05) is 24.3 Å². The lowest BCUT2D eigenvalue weighted by atomic mass is 10.1. The minimum absolute atomic E-state index is 0.149. The molecule has 5 nitrogen and oxygen atoms in total. The van der Waals surface area contributed by atoms with Crippen molar-refractivity contribution in [2.75, 3.05) is 0 Å². The van der Waals surface area contributed by atoms with E-state index in [1.54, 1.807) is 18.2 Å². The molecule has 0 saturated heterocycles. The monoisotopic (exact) mass is 236 g/mol. The van der Waals surface area contributed by atoms with Crippen LogP contribution in [0.2, 0.25) is 0 Å². The number of aromatic nitrogens is 3. The van der Waals surface area contributed by atoms with Crippen LogP contribution in [0.25, 0.3) is 21.7 Å². The lowest BCUT2D eigenvalue weighted by molar-refractivity contribution is 0.903. The van der Waals surface area contributed by atoms with Crippen LogP contribution in [-0.4, -0.2) is 14.6 Å². The Bertz CT molecular complexity index is 805. The van der Waals surface area contributed by atoms with Crippen molar-refractivity contribution in [2.24, 2.45) is 0 Å². The van der Waals surface area contributed by atoms with Crippen LogP contribution in [-0.2, 0) is 0 Å². The average Bonchev–Trinajstić information content (AvgIpc) is 2.84. The first-order valence-corrected chi connectivity index (χ1v) is 5.32. The van der Waals surface area contributed by atoms with Crippen molar-refractivity contribution in [1.82, 2.24) is 14.6 Å². The van der Waals surface area contributed by atoms with Crippen LogP contribution in [0.5, 0.6) is 0 Å². The van der Waals surface area contributed by atoms with E-state index in [0.29, 0.717) is 11.3 Å². The molecule has 5 heteroatoms. The number of nitrogens with zero attached hydrogens (tertiary/aromatic N) is 3. The zero-order chi connectivity index (χ0) is 12.5. The maximum atomic E-state index is 11.6. The summed E-state index contributed by atoms with van der Waals surface area (Å²) in [5, 5.41) is 2.98. The fourth-order valence-corrected chi connectivity index (χ4v) is 1.78. The second-order valence-corrected chi connectivity index (χ2v) is 3.81. The normalized spacial score (nSPS) is 10.4. The van der Waals surface area contributed by atoms with Crippen LogP contribution in [0, 0.1) is 6.57 Å². The maximum Gasteiger partial charge on any atom is 0.272 e. The van der Waals surface area contributed by atoms with Crippen LogP contribution in [0.4, 0.5) is 5.69 Å². The first-order chi connectivity index (χ1) is 8.78. The molecule has 0 saturated carbocycles. The van der Waals surface area contributed by atoms with Crippen LogP contribution in [0.3, 0.4) is 0 Å². The molecule has 86 valence electrons. The lowest BCUT2D eigenvalue weighted by Crippen LogP contribution is -2.12. The molecule has 0 fully saturated rings. The highest BCUT2D eigenvalue weighted by atomic mass is 16.1. The van der Waals surface area contributed by atoms with Crippen LogP contribution < -0.4 is 5.56 Å². The summed E-state index contributed by atoms with van der Waals surface area (Å²) < 4.78 is 1.39. The molecule has 1 aromatic carbocycles. The fraction of sp³-hybridized carbons (Fsp3) is 0. The Morgan fingerprint density at radius 1 is 1.22 bits per heavy atom. The highest BCUT2D eigenvalue weighted by Crippen LogP contribution is 2.21. The third kappa shape index (κ3) is 1.57. The smallest absolute Gasteiger partial charge is 0.272 e. The first-order valence-electron chi connectivity index (χ1n) is 5.32. The number of benzene rings is 1. The molecule has 18 heavy (non-hydrogen) atoms. The minimum atomic E-state index is -0.149. The highest BCUT2D eigenvalue weighted by Gasteiger charge is 2.04. The summed E-state index contributed by atoms with van der Waals surface area (Å²) in [6.45, 7) is 6.90. The molecular formula is C13H8N4O. The van der Waals surface area contributed by atoms with Gasteiger partial charge in [-0.15, -0.1) is 0 Å². The second kappa shape index (κ2) is 3.86. The van der Waals surface area contributed by atoms with E-state index < -0.39 is 0 Å². The number of nitrogens with one attached hydrogen (secondary N) is 1. The Balaban J connectivity index is 2.17. The van der Waals surface area contributed by atoms with Crippen molar-refractivity contribution in [3.8, 4) is 11.3 Å². The summed E-state index contributed by atoms with van der Waals surface area (Å²) in [6.07, 6.45) is 1.48. The van der Waals surface area contributed by atoms with Crippen molar-refractivity contribution < 1.29 is 0 Å². The Hall–Kier alpha value is -2.87. The molecule has 0 atom stereocenters. The van der Waals surface area contributed by atoms with E-state index >= 15 is 0 Å². The van der Waals surface area contributed by atoms with E-state index in [-0.39, 0.29) is 5.56 Å². The van der Waals surface area contributed by atoms with Crippen molar-refractivity contribution in [1.29, 1.82) is 0 Å². The molecule has 0 aliphatic heterocycles. The van der Waals surface area contributed by atoms with Crippen LogP contribution in [0.15, 0.2) is 47.4 Å². The SMILES string of the molecule is [C-]#[N+]c1ccc(-c2cc3nccc(=O)n3[nH]2)cc1. The molecule has 1 N–H and O–H groups in total. The van der Waals surface area contributed by atoms with Gasteiger partial charge < -0.3 is 0 Å². The van der Waals surface area contributed by atoms with Crippen molar-refractivity contribution >= 4 is 11.3 Å². The van der Waals surface area contributed by atoms with Gasteiger partial charge in [0.15, 0.2) is 11.3 Å². The van der Waals surface area contributed by atoms with Crippen molar-refractivity contribution in [3.63, 3.8) is 0 Å². The van der Waals surface area contributed by atoms with E-state index in [1.807, 2.05) is 12.1 Å². The Morgan fingerprint density at radius 3 is 2.67 bits per heavy atom. The van der Waals surface area contributed by atoms with E-state index in [0.717, 1.165) is 11.3 Å². The number of aromatic amines is 1. The largest absolute Gasteiger partial charge is 0.289 e. The molecule has 0 radical (unpaired) electrons. The van der Waals surface area contributed by atoms with Crippen LogP contribution in [0.1, 0.15) is 0 Å². The molecule has 3 rings (SSSR count). The zero-order valence-corrected chi connectivity index (χ0v) is 9.29. The Labute approximate surface area is 102 Å². The number of rotatable bonds is 1. The molecule has 0 aliphatic rings. The third-order valence-corrected chi connectivity index (χ3v) is 2.69. The topological polar surface area (TPSA) is 54.5 Å². The van der Waals surface area contributed by atoms with Gasteiger partial charge >= 0.3 is 0 Å². The molecule has 0 unspecified atom stereocenters. The molecule has 2 heterocycles. The van der Waals surface area contributed by atoms with Crippen molar-refractivity contribution in [2.45, 2.75) is 0 Å². The summed E-state index contributed by atoms with van der Waals surface area (Å²) in [5.41, 5.74) is 2.72. The lowest BCUT2D eigenvalue weighted by Gasteiger charge is -1.96. The van der Waals surface area contributed by atoms with Gasteiger partial charge in [-0.05, 0) is 5.56 Å². The quantitative estimate of drug-likeness (QED) is 0.659. The van der Waals surface area contributed by atoms with Gasteiger partial charge in [0.05, 0.1) is 12.3 Å². The Morgan fingerprint density at radius 2 is 2.00 bits per heavy atom. The van der Waals surface area contributed by atoms with Gasteiger partial charge in [-0.25, -0.2) is 14.3 Å². The minimum Gasteiger partial charge on any atom is -0.289 e. The number of hydrogen-bond donors (Lipinski definition) is 1. The van der Waals surface area contributed by atoms with E-state index in [4.69, 9.17) is 6.57 Å². The predicted octanol–water partition coefficient (Wildman–Crippen LogP) is 2.24. The standard InChI is InChI=1S/C13H8N4O/c1-14-10-4-2-9(3-5-10)11-8-12-15-7-6-13(18)17(12)16-11/h2-8,16H. The first kappa shape index (κ1) is 10.3. The zero-order valence-electron chi connectivity index (χ0n) is 9.29. The summed E-state index contributed by atoms with van der Waals surface area (Å²) in [6, 6.07) is 10.4. The molecule has 3 aromatic rings. The number of H-pyrrole nitrogens is 1. The van der Waals surface area contributed by atoms with Crippen molar-refractivity contribution in [3.05, 3.63) is 64.4 Å². The Kier molecular flexibility index (Phi) is 2.21. The number of fused-ring (bicyclic) bond motifs is 1. The predicted molar refractivity (Wildman–Crippen MR) is 67.5 cm³/mol. The van der Waals surface area contributed by atoms with Gasteiger partial charge in [0, 0.05) is 18.3 Å². The average molecular weight is 236 g/mol.